The molecule has 0 saturated carbocycles. The summed E-state index contributed by atoms with van der Waals surface area (Å²) in [5, 5.41) is 9.97. The Labute approximate surface area is 173 Å². The molecule has 30 heavy (non-hydrogen) atoms. The second kappa shape index (κ2) is 8.35. The number of halogens is 2. The summed E-state index contributed by atoms with van der Waals surface area (Å²) in [7, 11) is 4.24. The first kappa shape index (κ1) is 20.2. The molecule has 7 nitrogen and oxygen atoms in total. The van der Waals surface area contributed by atoms with Gasteiger partial charge in [-0.05, 0) is 69.4 Å². The molecule has 1 saturated heterocycles. The maximum Gasteiger partial charge on any atom is 0.297 e. The van der Waals surface area contributed by atoms with Crippen molar-refractivity contribution < 1.29 is 13.6 Å². The maximum absolute atomic E-state index is 13.0. The number of nitrogens with one attached hydrogen (secondary N) is 1. The van der Waals surface area contributed by atoms with Crippen molar-refractivity contribution >= 4 is 22.9 Å². The number of carbonyl (C=O) groups excluding carboxylic acids is 1. The van der Waals surface area contributed by atoms with Crippen LogP contribution in [-0.4, -0.2) is 58.6 Å². The van der Waals surface area contributed by atoms with Crippen LogP contribution in [0.3, 0.4) is 0 Å². The third-order valence-electron chi connectivity index (χ3n) is 5.65. The topological polar surface area (TPSA) is 65.8 Å². The largest absolute Gasteiger partial charge is 0.372 e. The Morgan fingerprint density at radius 3 is 2.50 bits per heavy atom. The molecule has 0 atom stereocenters. The van der Waals surface area contributed by atoms with E-state index in [1.54, 1.807) is 0 Å². The van der Waals surface area contributed by atoms with Gasteiger partial charge in [-0.25, -0.2) is 8.78 Å². The number of rotatable bonds is 5. The first-order valence-electron chi connectivity index (χ1n) is 9.88. The molecule has 0 spiro atoms. The van der Waals surface area contributed by atoms with Gasteiger partial charge in [0.1, 0.15) is 0 Å². The molecule has 0 bridgehead atoms. The zero-order valence-corrected chi connectivity index (χ0v) is 16.9. The number of carbonyl (C=O) groups is 1. The van der Waals surface area contributed by atoms with E-state index in [1.807, 2.05) is 24.3 Å². The van der Waals surface area contributed by atoms with E-state index in [4.69, 9.17) is 0 Å². The Kier molecular flexibility index (Phi) is 5.63. The first-order chi connectivity index (χ1) is 14.4. The summed E-state index contributed by atoms with van der Waals surface area (Å²) in [6.07, 6.45) is 0.802. The highest BCUT2D eigenvalue weighted by Crippen LogP contribution is 2.24. The zero-order chi connectivity index (χ0) is 21.3. The fourth-order valence-electron chi connectivity index (χ4n) is 3.77. The number of hydrogen-bond donors (Lipinski definition) is 1. The number of likely N-dealkylation sites (tertiary alicyclic amines) is 1. The van der Waals surface area contributed by atoms with Crippen LogP contribution in [-0.2, 0) is 0 Å². The van der Waals surface area contributed by atoms with Crippen LogP contribution in [0.1, 0.15) is 35.4 Å². The minimum Gasteiger partial charge on any atom is -0.372 e. The van der Waals surface area contributed by atoms with Gasteiger partial charge in [0.25, 0.3) is 12.3 Å². The summed E-state index contributed by atoms with van der Waals surface area (Å²) in [5.41, 5.74) is 2.24. The minimum atomic E-state index is -2.77. The molecule has 1 fully saturated rings. The van der Waals surface area contributed by atoms with Gasteiger partial charge < -0.3 is 15.1 Å². The van der Waals surface area contributed by atoms with Gasteiger partial charge in [-0.2, -0.15) is 0 Å². The predicted molar refractivity (Wildman–Crippen MR) is 111 cm³/mol. The number of hydrogen-bond acceptors (Lipinski definition) is 5. The number of fused-ring (bicyclic) bond motifs is 1. The average Bonchev–Trinajstić information content (AvgIpc) is 3.18. The zero-order valence-electron chi connectivity index (χ0n) is 16.9. The maximum atomic E-state index is 13.0. The van der Waals surface area contributed by atoms with Gasteiger partial charge in [0, 0.05) is 30.7 Å². The lowest BCUT2D eigenvalue weighted by Gasteiger charge is -2.36. The molecule has 1 aliphatic heterocycles. The Bertz CT molecular complexity index is 1030. The van der Waals surface area contributed by atoms with Crippen LogP contribution in [0.2, 0.25) is 0 Å². The van der Waals surface area contributed by atoms with Crippen LogP contribution in [0.5, 0.6) is 0 Å². The van der Waals surface area contributed by atoms with Gasteiger partial charge in [-0.3, -0.25) is 9.20 Å². The van der Waals surface area contributed by atoms with E-state index in [-0.39, 0.29) is 17.1 Å². The highest BCUT2D eigenvalue weighted by molar-refractivity contribution is 6.04. The molecular weight excluding hydrogens is 390 g/mol. The fourth-order valence-corrected chi connectivity index (χ4v) is 3.77. The monoisotopic (exact) mass is 414 g/mol. The van der Waals surface area contributed by atoms with Crippen LogP contribution in [0.4, 0.5) is 20.2 Å². The van der Waals surface area contributed by atoms with Crippen LogP contribution in [0.15, 0.2) is 42.6 Å². The number of nitrogens with zero attached hydrogens (tertiary/aromatic N) is 5. The standard InChI is InChI=1S/C21H24F2N6O/c1-27-11-9-17(10-12-27)28(2)16-6-4-15(5-7-16)24-21(30)14-3-8-18-25-26-20(19(22)23)29(18)13-14/h3-8,13,17,19H,9-12H2,1-2H3,(H,24,30). The van der Waals surface area contributed by atoms with E-state index in [0.29, 0.717) is 11.7 Å². The average molecular weight is 414 g/mol. The Morgan fingerprint density at radius 1 is 1.13 bits per heavy atom. The third kappa shape index (κ3) is 4.11. The predicted octanol–water partition coefficient (Wildman–Crippen LogP) is 3.45. The number of anilines is 2. The van der Waals surface area contributed by atoms with Gasteiger partial charge in [0.15, 0.2) is 5.65 Å². The van der Waals surface area contributed by atoms with Crippen molar-refractivity contribution in [3.8, 4) is 0 Å². The van der Waals surface area contributed by atoms with E-state index in [2.05, 4.69) is 39.4 Å². The number of benzene rings is 1. The van der Waals surface area contributed by atoms with Crippen molar-refractivity contribution in [1.82, 2.24) is 19.5 Å². The van der Waals surface area contributed by atoms with E-state index in [0.717, 1.165) is 36.0 Å². The molecule has 3 aromatic rings. The Hall–Kier alpha value is -3.07. The van der Waals surface area contributed by atoms with Gasteiger partial charge in [0.2, 0.25) is 5.82 Å². The Balaban J connectivity index is 1.45. The SMILES string of the molecule is CN1CCC(N(C)c2ccc(NC(=O)c3ccc4nnc(C(F)F)n4c3)cc2)CC1. The number of alkyl halides is 2. The number of aromatic nitrogens is 3. The summed E-state index contributed by atoms with van der Waals surface area (Å²) >= 11 is 0. The van der Waals surface area contributed by atoms with E-state index in [9.17, 15) is 13.6 Å². The fraction of sp³-hybridized carbons (Fsp3) is 0.381. The van der Waals surface area contributed by atoms with Crippen molar-refractivity contribution in [2.24, 2.45) is 0 Å². The molecule has 1 aliphatic rings. The van der Waals surface area contributed by atoms with Gasteiger partial charge in [0.05, 0.1) is 5.56 Å². The second-order valence-electron chi connectivity index (χ2n) is 7.65. The second-order valence-corrected chi connectivity index (χ2v) is 7.65. The summed E-state index contributed by atoms with van der Waals surface area (Å²) in [6.45, 7) is 2.18. The molecule has 1 N–H and O–H groups in total. The molecule has 158 valence electrons. The lowest BCUT2D eigenvalue weighted by atomic mass is 10.0. The normalized spacial score (nSPS) is 15.6. The number of pyridine rings is 1. The quantitative estimate of drug-likeness (QED) is 0.693. The smallest absolute Gasteiger partial charge is 0.297 e. The van der Waals surface area contributed by atoms with Crippen molar-refractivity contribution in [3.63, 3.8) is 0 Å². The van der Waals surface area contributed by atoms with Gasteiger partial charge in [-0.15, -0.1) is 10.2 Å². The molecule has 1 amide bonds. The lowest BCUT2D eigenvalue weighted by molar-refractivity contribution is 0.102. The van der Waals surface area contributed by atoms with Crippen molar-refractivity contribution in [2.45, 2.75) is 25.3 Å². The van der Waals surface area contributed by atoms with E-state index < -0.39 is 12.2 Å². The van der Waals surface area contributed by atoms with Crippen LogP contribution >= 0.6 is 0 Å². The summed E-state index contributed by atoms with van der Waals surface area (Å²) < 4.78 is 27.2. The molecule has 9 heteroatoms. The van der Waals surface area contributed by atoms with Crippen molar-refractivity contribution in [3.05, 3.63) is 54.0 Å². The molecule has 0 unspecified atom stereocenters. The molecule has 1 aromatic carbocycles. The molecule has 0 aliphatic carbocycles. The molecule has 2 aromatic heterocycles. The summed E-state index contributed by atoms with van der Waals surface area (Å²) in [5.74, 6) is -0.872. The number of amides is 1. The lowest BCUT2D eigenvalue weighted by Crippen LogP contribution is -2.41. The van der Waals surface area contributed by atoms with Crippen LogP contribution in [0.25, 0.3) is 5.65 Å². The molecule has 4 rings (SSSR count). The first-order valence-corrected chi connectivity index (χ1v) is 9.88. The minimum absolute atomic E-state index is 0.247. The summed E-state index contributed by atoms with van der Waals surface area (Å²) in [4.78, 5) is 17.2. The van der Waals surface area contributed by atoms with Crippen LogP contribution < -0.4 is 10.2 Å². The highest BCUT2D eigenvalue weighted by Gasteiger charge is 2.21. The summed E-state index contributed by atoms with van der Waals surface area (Å²) in [6, 6.07) is 11.2. The van der Waals surface area contributed by atoms with E-state index in [1.165, 1.54) is 18.3 Å². The molecule has 3 heterocycles. The molecular formula is C21H24F2N6O. The van der Waals surface area contributed by atoms with Gasteiger partial charge in [-0.1, -0.05) is 0 Å². The Morgan fingerprint density at radius 2 is 1.83 bits per heavy atom. The number of piperidine rings is 1. The van der Waals surface area contributed by atoms with Crippen LogP contribution in [0, 0.1) is 0 Å². The molecule has 0 radical (unpaired) electrons. The highest BCUT2D eigenvalue weighted by atomic mass is 19.3. The van der Waals surface area contributed by atoms with Crippen molar-refractivity contribution in [1.29, 1.82) is 0 Å². The van der Waals surface area contributed by atoms with Crippen molar-refractivity contribution in [2.75, 3.05) is 37.4 Å². The third-order valence-corrected chi connectivity index (χ3v) is 5.65. The van der Waals surface area contributed by atoms with E-state index >= 15 is 0 Å². The van der Waals surface area contributed by atoms with Gasteiger partial charge >= 0.3 is 0 Å².